The van der Waals surface area contributed by atoms with Crippen LogP contribution in [0.25, 0.3) is 0 Å². The molecular formula is C14H20F3NO2. The molecule has 0 heterocycles. The van der Waals surface area contributed by atoms with Crippen LogP contribution in [0.4, 0.5) is 13.2 Å². The van der Waals surface area contributed by atoms with Crippen LogP contribution in [0.5, 0.6) is 0 Å². The predicted molar refractivity (Wildman–Crippen MR) is 70.2 cm³/mol. The van der Waals surface area contributed by atoms with Gasteiger partial charge in [0.1, 0.15) is 0 Å². The van der Waals surface area contributed by atoms with Crippen molar-refractivity contribution in [2.24, 2.45) is 0 Å². The molecule has 1 aromatic rings. The maximum atomic E-state index is 12.6. The fraction of sp³-hybridized carbons (Fsp3) is 0.571. The Kier molecular flexibility index (Phi) is 5.56. The molecule has 0 radical (unpaired) electrons. The van der Waals surface area contributed by atoms with Crippen molar-refractivity contribution in [1.82, 2.24) is 5.32 Å². The van der Waals surface area contributed by atoms with Gasteiger partial charge in [-0.3, -0.25) is 0 Å². The number of aliphatic hydroxyl groups is 2. The van der Waals surface area contributed by atoms with Crippen LogP contribution >= 0.6 is 0 Å². The Morgan fingerprint density at radius 1 is 1.30 bits per heavy atom. The summed E-state index contributed by atoms with van der Waals surface area (Å²) >= 11 is 0. The molecule has 0 saturated heterocycles. The molecule has 0 fully saturated rings. The van der Waals surface area contributed by atoms with E-state index in [9.17, 15) is 23.4 Å². The summed E-state index contributed by atoms with van der Waals surface area (Å²) in [4.78, 5) is 0. The fourth-order valence-corrected chi connectivity index (χ4v) is 1.68. The van der Waals surface area contributed by atoms with Gasteiger partial charge in [0.2, 0.25) is 0 Å². The van der Waals surface area contributed by atoms with Crippen molar-refractivity contribution in [3.05, 3.63) is 35.4 Å². The monoisotopic (exact) mass is 291 g/mol. The Morgan fingerprint density at radius 2 is 1.95 bits per heavy atom. The first kappa shape index (κ1) is 16.9. The maximum absolute atomic E-state index is 12.6. The van der Waals surface area contributed by atoms with E-state index in [2.05, 4.69) is 5.32 Å². The zero-order valence-corrected chi connectivity index (χ0v) is 11.5. The van der Waals surface area contributed by atoms with E-state index in [1.54, 1.807) is 6.92 Å². The number of nitrogens with one attached hydrogen (secondary N) is 1. The van der Waals surface area contributed by atoms with Crippen molar-refractivity contribution in [2.75, 3.05) is 13.2 Å². The third-order valence-electron chi connectivity index (χ3n) is 3.45. The average Bonchev–Trinajstić information content (AvgIpc) is 2.43. The zero-order chi connectivity index (χ0) is 15.4. The number of halogens is 3. The lowest BCUT2D eigenvalue weighted by molar-refractivity contribution is -0.137. The summed E-state index contributed by atoms with van der Waals surface area (Å²) in [6.07, 6.45) is -4.85. The number of rotatable bonds is 6. The van der Waals surface area contributed by atoms with Crippen LogP contribution in [0.1, 0.15) is 37.5 Å². The van der Waals surface area contributed by atoms with Gasteiger partial charge in [-0.25, -0.2) is 0 Å². The summed E-state index contributed by atoms with van der Waals surface area (Å²) in [7, 11) is 0. The highest BCUT2D eigenvalue weighted by molar-refractivity contribution is 5.27. The van der Waals surface area contributed by atoms with Gasteiger partial charge in [-0.05, 0) is 31.0 Å². The molecule has 6 heteroatoms. The van der Waals surface area contributed by atoms with Crippen LogP contribution in [0.15, 0.2) is 24.3 Å². The van der Waals surface area contributed by atoms with Gasteiger partial charge in [0, 0.05) is 12.1 Å². The van der Waals surface area contributed by atoms with E-state index < -0.39 is 23.4 Å². The van der Waals surface area contributed by atoms with Gasteiger partial charge >= 0.3 is 6.18 Å². The molecule has 114 valence electrons. The first-order valence-electron chi connectivity index (χ1n) is 6.43. The number of hydrogen-bond donors (Lipinski definition) is 3. The maximum Gasteiger partial charge on any atom is 0.416 e. The topological polar surface area (TPSA) is 52.5 Å². The van der Waals surface area contributed by atoms with E-state index in [1.807, 2.05) is 6.92 Å². The van der Waals surface area contributed by atoms with Gasteiger partial charge in [0.05, 0.1) is 18.3 Å². The van der Waals surface area contributed by atoms with Crippen LogP contribution < -0.4 is 5.32 Å². The standard InChI is InChI=1S/C14H20F3NO2/c1-3-13(2,9-19)18-8-12(20)10-5-4-6-11(7-10)14(15,16)17/h4-7,12,18-20H,3,8-9H2,1-2H3. The number of alkyl halides is 3. The minimum absolute atomic E-state index is 0.0756. The minimum atomic E-state index is -4.42. The SMILES string of the molecule is CCC(C)(CO)NCC(O)c1cccc(C(F)(F)F)c1. The highest BCUT2D eigenvalue weighted by atomic mass is 19.4. The Morgan fingerprint density at radius 3 is 2.45 bits per heavy atom. The Bertz CT molecular complexity index is 431. The van der Waals surface area contributed by atoms with E-state index in [4.69, 9.17) is 0 Å². The molecule has 2 atom stereocenters. The van der Waals surface area contributed by atoms with Crippen molar-refractivity contribution >= 4 is 0 Å². The first-order chi connectivity index (χ1) is 9.22. The minimum Gasteiger partial charge on any atom is -0.394 e. The normalized spacial score (nSPS) is 16.8. The number of hydrogen-bond acceptors (Lipinski definition) is 3. The second-order valence-electron chi connectivity index (χ2n) is 5.09. The molecule has 0 aromatic heterocycles. The first-order valence-corrected chi connectivity index (χ1v) is 6.43. The van der Waals surface area contributed by atoms with Crippen LogP contribution in [-0.2, 0) is 6.18 Å². The van der Waals surface area contributed by atoms with Gasteiger partial charge in [0.15, 0.2) is 0 Å². The third kappa shape index (κ3) is 4.47. The molecule has 0 amide bonds. The molecule has 1 aromatic carbocycles. The van der Waals surface area contributed by atoms with Gasteiger partial charge in [0.25, 0.3) is 0 Å². The largest absolute Gasteiger partial charge is 0.416 e. The summed E-state index contributed by atoms with van der Waals surface area (Å²) in [6, 6.07) is 4.62. The van der Waals surface area contributed by atoms with Crippen LogP contribution in [0.3, 0.4) is 0 Å². The average molecular weight is 291 g/mol. The molecule has 0 aliphatic carbocycles. The number of β-amino-alcohol motifs (C(OH)–C–C–N with tert-alkyl or cyclic N) is 1. The summed E-state index contributed by atoms with van der Waals surface area (Å²) in [5.41, 5.74) is -1.14. The Hall–Kier alpha value is -1.11. The van der Waals surface area contributed by atoms with Gasteiger partial charge in [-0.1, -0.05) is 19.1 Å². The molecule has 1 rings (SSSR count). The van der Waals surface area contributed by atoms with Gasteiger partial charge in [-0.15, -0.1) is 0 Å². The fourth-order valence-electron chi connectivity index (χ4n) is 1.68. The Balaban J connectivity index is 2.76. The third-order valence-corrected chi connectivity index (χ3v) is 3.45. The zero-order valence-electron chi connectivity index (χ0n) is 11.5. The molecule has 0 aliphatic rings. The highest BCUT2D eigenvalue weighted by Gasteiger charge is 2.31. The number of benzene rings is 1. The Labute approximate surface area is 116 Å². The molecule has 20 heavy (non-hydrogen) atoms. The smallest absolute Gasteiger partial charge is 0.394 e. The number of aliphatic hydroxyl groups excluding tert-OH is 2. The van der Waals surface area contributed by atoms with E-state index >= 15 is 0 Å². The van der Waals surface area contributed by atoms with E-state index in [1.165, 1.54) is 12.1 Å². The van der Waals surface area contributed by atoms with Gasteiger partial charge in [-0.2, -0.15) is 13.2 Å². The molecule has 0 bridgehead atoms. The highest BCUT2D eigenvalue weighted by Crippen LogP contribution is 2.30. The lowest BCUT2D eigenvalue weighted by Crippen LogP contribution is -2.46. The summed E-state index contributed by atoms with van der Waals surface area (Å²) in [6.45, 7) is 3.62. The van der Waals surface area contributed by atoms with Crippen LogP contribution in [0.2, 0.25) is 0 Å². The van der Waals surface area contributed by atoms with Gasteiger partial charge < -0.3 is 15.5 Å². The van der Waals surface area contributed by atoms with E-state index in [-0.39, 0.29) is 18.7 Å². The lowest BCUT2D eigenvalue weighted by Gasteiger charge is -2.28. The summed E-state index contributed by atoms with van der Waals surface area (Å²) < 4.78 is 37.8. The van der Waals surface area contributed by atoms with Crippen molar-refractivity contribution in [1.29, 1.82) is 0 Å². The van der Waals surface area contributed by atoms with E-state index in [0.717, 1.165) is 12.1 Å². The molecule has 0 spiro atoms. The van der Waals surface area contributed by atoms with Crippen molar-refractivity contribution in [3.8, 4) is 0 Å². The summed E-state index contributed by atoms with van der Waals surface area (Å²) in [5, 5.41) is 22.2. The van der Waals surface area contributed by atoms with E-state index in [0.29, 0.717) is 6.42 Å². The quantitative estimate of drug-likeness (QED) is 0.755. The molecule has 2 unspecified atom stereocenters. The van der Waals surface area contributed by atoms with Crippen molar-refractivity contribution in [2.45, 2.75) is 38.1 Å². The summed E-state index contributed by atoms with van der Waals surface area (Å²) in [5.74, 6) is 0. The molecule has 3 N–H and O–H groups in total. The van der Waals surface area contributed by atoms with Crippen molar-refractivity contribution < 1.29 is 23.4 Å². The van der Waals surface area contributed by atoms with Crippen LogP contribution in [0, 0.1) is 0 Å². The predicted octanol–water partition coefficient (Wildman–Crippen LogP) is 2.49. The molecule has 3 nitrogen and oxygen atoms in total. The second kappa shape index (κ2) is 6.56. The lowest BCUT2D eigenvalue weighted by atomic mass is 9.99. The van der Waals surface area contributed by atoms with Crippen LogP contribution in [-0.4, -0.2) is 28.9 Å². The van der Waals surface area contributed by atoms with Crippen molar-refractivity contribution in [3.63, 3.8) is 0 Å². The molecule has 0 aliphatic heterocycles. The molecule has 0 saturated carbocycles. The second-order valence-corrected chi connectivity index (χ2v) is 5.09. The molecular weight excluding hydrogens is 271 g/mol.